The third-order valence-corrected chi connectivity index (χ3v) is 9.79. The quantitative estimate of drug-likeness (QED) is 0.323. The maximum absolute atomic E-state index is 13.5. The number of hydrogen-bond donors (Lipinski definition) is 2. The van der Waals surface area contributed by atoms with Gasteiger partial charge in [-0.15, -0.1) is 0 Å². The van der Waals surface area contributed by atoms with Crippen LogP contribution in [0.15, 0.2) is 24.3 Å². The van der Waals surface area contributed by atoms with E-state index in [0.717, 1.165) is 87.3 Å². The lowest BCUT2D eigenvalue weighted by Crippen LogP contribution is -2.46. The number of amides is 1. The summed E-state index contributed by atoms with van der Waals surface area (Å²) in [7, 11) is 1.72. The number of aromatic nitrogens is 3. The summed E-state index contributed by atoms with van der Waals surface area (Å²) < 4.78 is 54.2. The number of piperidine rings is 2. The molecule has 2 atom stereocenters. The van der Waals surface area contributed by atoms with E-state index in [4.69, 9.17) is 20.2 Å². The number of nitrogens with zero attached hydrogens (tertiary/aromatic N) is 5. The van der Waals surface area contributed by atoms with Gasteiger partial charge in [0.2, 0.25) is 5.91 Å². The monoisotopic (exact) mass is 643 g/mol. The molecule has 3 aromatic rings. The maximum atomic E-state index is 13.5. The molecular formula is C33H44F3N7O3. The zero-order valence-electron chi connectivity index (χ0n) is 26.8. The highest BCUT2D eigenvalue weighted by Crippen LogP contribution is 2.41. The van der Waals surface area contributed by atoms with Crippen LogP contribution in [0.5, 0.6) is 0 Å². The first-order valence-corrected chi connectivity index (χ1v) is 16.3. The van der Waals surface area contributed by atoms with E-state index in [-0.39, 0.29) is 29.5 Å². The molecule has 46 heavy (non-hydrogen) atoms. The van der Waals surface area contributed by atoms with Crippen LogP contribution in [0.2, 0.25) is 0 Å². The Morgan fingerprint density at radius 2 is 1.83 bits per heavy atom. The van der Waals surface area contributed by atoms with Crippen molar-refractivity contribution in [1.29, 1.82) is 0 Å². The van der Waals surface area contributed by atoms with Gasteiger partial charge in [0.25, 0.3) is 0 Å². The number of likely N-dealkylation sites (tertiary alicyclic amines) is 2. The van der Waals surface area contributed by atoms with Crippen LogP contribution in [0.4, 0.5) is 24.7 Å². The van der Waals surface area contributed by atoms with Crippen molar-refractivity contribution >= 4 is 28.4 Å². The highest BCUT2D eigenvalue weighted by atomic mass is 19.4. The van der Waals surface area contributed by atoms with Gasteiger partial charge in [-0.25, -0.2) is 9.97 Å². The molecule has 3 aliphatic rings. The van der Waals surface area contributed by atoms with Gasteiger partial charge < -0.3 is 34.9 Å². The molecule has 0 bridgehead atoms. The summed E-state index contributed by atoms with van der Waals surface area (Å²) in [5.74, 6) is 1.74. The Morgan fingerprint density at radius 3 is 2.52 bits per heavy atom. The average molecular weight is 644 g/mol. The number of methoxy groups -OCH3 is 1. The van der Waals surface area contributed by atoms with Crippen LogP contribution in [0.25, 0.3) is 11.0 Å². The number of rotatable bonds is 8. The van der Waals surface area contributed by atoms with Crippen molar-refractivity contribution in [2.45, 2.75) is 64.4 Å². The van der Waals surface area contributed by atoms with Crippen molar-refractivity contribution < 1.29 is 27.4 Å². The van der Waals surface area contributed by atoms with E-state index in [2.05, 4.69) is 25.8 Å². The number of carbonyl (C=O) groups excluding carboxylic acids is 1. The normalized spacial score (nSPS) is 21.0. The van der Waals surface area contributed by atoms with Crippen LogP contribution in [0.1, 0.15) is 67.4 Å². The van der Waals surface area contributed by atoms with E-state index in [0.29, 0.717) is 37.0 Å². The zero-order valence-corrected chi connectivity index (χ0v) is 26.8. The molecule has 3 N–H and O–H groups in total. The molecule has 0 saturated carbocycles. The highest BCUT2D eigenvalue weighted by Gasteiger charge is 2.37. The number of aryl methyl sites for hydroxylation is 1. The van der Waals surface area contributed by atoms with Gasteiger partial charge in [-0.05, 0) is 88.4 Å². The molecule has 13 heteroatoms. The number of nitrogen functional groups attached to an aromatic ring is 1. The van der Waals surface area contributed by atoms with Gasteiger partial charge in [-0.3, -0.25) is 4.79 Å². The Labute approximate surface area is 267 Å². The summed E-state index contributed by atoms with van der Waals surface area (Å²) >= 11 is 0. The molecule has 6 rings (SSSR count). The molecule has 1 aromatic carbocycles. The highest BCUT2D eigenvalue weighted by molar-refractivity contribution is 5.89. The Hall–Kier alpha value is -3.42. The minimum Gasteiger partial charge on any atom is -0.399 e. The van der Waals surface area contributed by atoms with E-state index in [1.54, 1.807) is 20.1 Å². The maximum Gasteiger partial charge on any atom is 0.416 e. The molecule has 10 nitrogen and oxygen atoms in total. The van der Waals surface area contributed by atoms with Gasteiger partial charge in [0, 0.05) is 50.6 Å². The zero-order chi connectivity index (χ0) is 32.6. The number of nitrogens with one attached hydrogen (secondary N) is 1. The van der Waals surface area contributed by atoms with Crippen LogP contribution in [-0.4, -0.2) is 83.3 Å². The first-order chi connectivity index (χ1) is 22.0. The molecular weight excluding hydrogens is 599 g/mol. The van der Waals surface area contributed by atoms with E-state index in [9.17, 15) is 18.0 Å². The molecule has 0 spiro atoms. The summed E-state index contributed by atoms with van der Waals surface area (Å²) in [6.07, 6.45) is -1.14. The van der Waals surface area contributed by atoms with Gasteiger partial charge in [-0.2, -0.15) is 13.2 Å². The first-order valence-electron chi connectivity index (χ1n) is 16.3. The van der Waals surface area contributed by atoms with Crippen LogP contribution in [-0.2, 0) is 27.0 Å². The third-order valence-electron chi connectivity index (χ3n) is 9.79. The van der Waals surface area contributed by atoms with E-state index in [1.165, 1.54) is 0 Å². The molecule has 2 fully saturated rings. The fourth-order valence-corrected chi connectivity index (χ4v) is 7.25. The second-order valence-electron chi connectivity index (χ2n) is 12.9. The van der Waals surface area contributed by atoms with E-state index < -0.39 is 17.8 Å². The summed E-state index contributed by atoms with van der Waals surface area (Å²) in [4.78, 5) is 27.2. The number of fused-ring (bicyclic) bond motifs is 3. The van der Waals surface area contributed by atoms with Crippen molar-refractivity contribution in [2.75, 3.05) is 64.1 Å². The van der Waals surface area contributed by atoms with Gasteiger partial charge in [-0.1, -0.05) is 0 Å². The Bertz CT molecular complexity index is 1550. The summed E-state index contributed by atoms with van der Waals surface area (Å²) in [6, 6.07) is 5.18. The predicted molar refractivity (Wildman–Crippen MR) is 169 cm³/mol. The Morgan fingerprint density at radius 1 is 1.09 bits per heavy atom. The second kappa shape index (κ2) is 13.4. The number of benzene rings is 1. The van der Waals surface area contributed by atoms with Crippen molar-refractivity contribution in [3.8, 4) is 0 Å². The number of anilines is 2. The van der Waals surface area contributed by atoms with Crippen molar-refractivity contribution in [3.63, 3.8) is 0 Å². The summed E-state index contributed by atoms with van der Waals surface area (Å²) in [6.45, 7) is 9.73. The van der Waals surface area contributed by atoms with Crippen LogP contribution in [0, 0.1) is 18.8 Å². The summed E-state index contributed by atoms with van der Waals surface area (Å²) in [5.41, 5.74) is 7.33. The standard InChI is InChI=1S/C33H44F3N7O3/c1-20(24-16-25(33(34,35)36)18-26(37)17-24)38-30-27-19-28-29(46-15-13-43(28)31(27)40-21(2)39-30)22-6-10-42(11-7-22)32(44)23-4-8-41(9-5-23)12-14-45-3/h16-20,22-23,29H,4-15,37H2,1-3H3,(H,38,39,40)/t20-,29?/m1/s1. The summed E-state index contributed by atoms with van der Waals surface area (Å²) in [5, 5.41) is 4.13. The number of nitrogens with two attached hydrogens (primary N) is 1. The van der Waals surface area contributed by atoms with Crippen molar-refractivity contribution in [2.24, 2.45) is 11.8 Å². The van der Waals surface area contributed by atoms with Crippen molar-refractivity contribution in [1.82, 2.24) is 24.3 Å². The lowest BCUT2D eigenvalue weighted by atomic mass is 9.87. The van der Waals surface area contributed by atoms with Gasteiger partial charge in [0.15, 0.2) is 0 Å². The molecule has 0 radical (unpaired) electrons. The predicted octanol–water partition coefficient (Wildman–Crippen LogP) is 5.18. The van der Waals surface area contributed by atoms with Gasteiger partial charge in [0.05, 0.1) is 30.2 Å². The van der Waals surface area contributed by atoms with Crippen LogP contribution < -0.4 is 11.1 Å². The molecule has 250 valence electrons. The fraction of sp³-hybridized carbons (Fsp3) is 0.606. The molecule has 2 aromatic heterocycles. The van der Waals surface area contributed by atoms with E-state index >= 15 is 0 Å². The SMILES string of the molecule is COCCN1CCC(C(=O)N2CCC(C3OCCn4c3cc3c(N[C@H](C)c5cc(N)cc(C(F)(F)F)c5)nc(C)nc34)CC2)CC1. The number of hydrogen-bond acceptors (Lipinski definition) is 8. The van der Waals surface area contributed by atoms with Crippen LogP contribution >= 0.6 is 0 Å². The van der Waals surface area contributed by atoms with Crippen LogP contribution in [0.3, 0.4) is 0 Å². The molecule has 1 unspecified atom stereocenters. The topological polar surface area (TPSA) is 111 Å². The third kappa shape index (κ3) is 6.82. The largest absolute Gasteiger partial charge is 0.416 e. The molecule has 3 aliphatic heterocycles. The molecule has 2 saturated heterocycles. The van der Waals surface area contributed by atoms with Crippen molar-refractivity contribution in [3.05, 3.63) is 46.9 Å². The smallest absolute Gasteiger partial charge is 0.399 e. The number of halogens is 3. The van der Waals surface area contributed by atoms with Gasteiger partial charge in [0.1, 0.15) is 23.4 Å². The second-order valence-corrected chi connectivity index (χ2v) is 12.9. The molecule has 0 aliphatic carbocycles. The minimum absolute atomic E-state index is 0.0536. The first kappa shape index (κ1) is 32.5. The molecule has 5 heterocycles. The number of carbonyl (C=O) groups is 1. The Balaban J connectivity index is 1.16. The minimum atomic E-state index is -4.50. The lowest BCUT2D eigenvalue weighted by Gasteiger charge is -2.40. The average Bonchev–Trinajstić information content (AvgIpc) is 3.42. The Kier molecular flexibility index (Phi) is 9.45. The number of ether oxygens (including phenoxy) is 2. The number of alkyl halides is 3. The molecule has 1 amide bonds. The fourth-order valence-electron chi connectivity index (χ4n) is 7.25. The lowest BCUT2D eigenvalue weighted by molar-refractivity contribution is -0.140. The van der Waals surface area contributed by atoms with Gasteiger partial charge >= 0.3 is 6.18 Å². The van der Waals surface area contributed by atoms with E-state index in [1.807, 2.05) is 11.8 Å².